The van der Waals surface area contributed by atoms with Gasteiger partial charge in [-0.25, -0.2) is 9.31 Å². The summed E-state index contributed by atoms with van der Waals surface area (Å²) in [4.78, 5) is 31.3. The Hall–Kier alpha value is -3.79. The molecule has 0 bridgehead atoms. The highest BCUT2D eigenvalue weighted by molar-refractivity contribution is 5.89. The molecule has 0 aliphatic carbocycles. The average molecular weight is 420 g/mol. The van der Waals surface area contributed by atoms with Crippen molar-refractivity contribution in [2.24, 2.45) is 0 Å². The molecule has 0 amide bonds. The van der Waals surface area contributed by atoms with E-state index >= 15 is 0 Å². The van der Waals surface area contributed by atoms with Gasteiger partial charge in [-0.15, -0.1) is 0 Å². The molecule has 1 aromatic carbocycles. The SMILES string of the molecule is COC(=O)c1ccc(-c2noc(-c3cnn4c(C5CCNCC5)cc(=O)[nH]c34)n2)cc1. The Morgan fingerprint density at radius 2 is 2.00 bits per heavy atom. The maximum absolute atomic E-state index is 12.4. The smallest absolute Gasteiger partial charge is 0.337 e. The Balaban J connectivity index is 1.51. The molecule has 158 valence electrons. The van der Waals surface area contributed by atoms with Gasteiger partial charge in [-0.05, 0) is 38.1 Å². The highest BCUT2D eigenvalue weighted by Gasteiger charge is 2.22. The number of hydrogen-bond acceptors (Lipinski definition) is 8. The molecule has 0 unspecified atom stereocenters. The van der Waals surface area contributed by atoms with Crippen LogP contribution in [0.25, 0.3) is 28.5 Å². The predicted molar refractivity (Wildman–Crippen MR) is 111 cm³/mol. The Labute approximate surface area is 176 Å². The monoisotopic (exact) mass is 420 g/mol. The van der Waals surface area contributed by atoms with E-state index in [2.05, 4.69) is 25.5 Å². The van der Waals surface area contributed by atoms with Crippen LogP contribution in [0.5, 0.6) is 0 Å². The number of H-pyrrole nitrogens is 1. The summed E-state index contributed by atoms with van der Waals surface area (Å²) in [6.45, 7) is 1.82. The van der Waals surface area contributed by atoms with Crippen LogP contribution in [0.3, 0.4) is 0 Å². The van der Waals surface area contributed by atoms with Gasteiger partial charge in [-0.1, -0.05) is 17.3 Å². The predicted octanol–water partition coefficient (Wildman–Crippen LogP) is 1.99. The largest absolute Gasteiger partial charge is 0.465 e. The van der Waals surface area contributed by atoms with Crippen molar-refractivity contribution in [3.05, 3.63) is 58.1 Å². The molecule has 0 saturated carbocycles. The first kappa shape index (κ1) is 19.2. The molecule has 1 aliphatic heterocycles. The number of carbonyl (C=O) groups is 1. The van der Waals surface area contributed by atoms with E-state index in [0.717, 1.165) is 31.6 Å². The molecule has 5 rings (SSSR count). The molecule has 10 heteroatoms. The molecule has 1 saturated heterocycles. The van der Waals surface area contributed by atoms with Crippen molar-refractivity contribution in [1.82, 2.24) is 30.1 Å². The van der Waals surface area contributed by atoms with Crippen LogP contribution in [0.4, 0.5) is 0 Å². The number of aromatic amines is 1. The Kier molecular flexibility index (Phi) is 4.83. The third kappa shape index (κ3) is 3.50. The summed E-state index contributed by atoms with van der Waals surface area (Å²) in [6.07, 6.45) is 3.51. The molecule has 1 fully saturated rings. The fourth-order valence-electron chi connectivity index (χ4n) is 3.90. The van der Waals surface area contributed by atoms with Crippen LogP contribution in [0.1, 0.15) is 34.8 Å². The first-order valence-corrected chi connectivity index (χ1v) is 9.98. The molecule has 0 radical (unpaired) electrons. The minimum absolute atomic E-state index is 0.194. The zero-order chi connectivity index (χ0) is 21.4. The van der Waals surface area contributed by atoms with Crippen LogP contribution in [-0.2, 0) is 4.74 Å². The molecule has 1 aliphatic rings. The van der Waals surface area contributed by atoms with Crippen molar-refractivity contribution < 1.29 is 14.1 Å². The summed E-state index contributed by atoms with van der Waals surface area (Å²) in [5.41, 5.74) is 2.88. The minimum atomic E-state index is -0.416. The lowest BCUT2D eigenvalue weighted by molar-refractivity contribution is 0.0600. The van der Waals surface area contributed by atoms with Crippen LogP contribution < -0.4 is 10.9 Å². The number of aromatic nitrogens is 5. The number of rotatable bonds is 4. The summed E-state index contributed by atoms with van der Waals surface area (Å²) in [5.74, 6) is 0.452. The van der Waals surface area contributed by atoms with Gasteiger partial charge in [-0.2, -0.15) is 10.1 Å². The van der Waals surface area contributed by atoms with Crippen LogP contribution in [-0.4, -0.2) is 50.9 Å². The molecule has 4 aromatic rings. The second-order valence-electron chi connectivity index (χ2n) is 7.39. The van der Waals surface area contributed by atoms with Gasteiger partial charge in [0, 0.05) is 17.5 Å². The Bertz CT molecular complexity index is 1300. The van der Waals surface area contributed by atoms with Gasteiger partial charge >= 0.3 is 5.97 Å². The molecular weight excluding hydrogens is 400 g/mol. The molecule has 10 nitrogen and oxygen atoms in total. The van der Waals surface area contributed by atoms with Crippen molar-refractivity contribution >= 4 is 11.6 Å². The molecule has 3 aromatic heterocycles. The number of fused-ring (bicyclic) bond motifs is 1. The van der Waals surface area contributed by atoms with Gasteiger partial charge in [0.25, 0.3) is 11.4 Å². The average Bonchev–Trinajstić information content (AvgIpc) is 3.46. The van der Waals surface area contributed by atoms with Crippen molar-refractivity contribution in [3.63, 3.8) is 0 Å². The lowest BCUT2D eigenvalue weighted by Crippen LogP contribution is -2.28. The number of carbonyl (C=O) groups excluding carboxylic acids is 1. The topological polar surface area (TPSA) is 127 Å². The molecule has 0 atom stereocenters. The number of ether oxygens (including phenoxy) is 1. The number of esters is 1. The number of piperidine rings is 1. The van der Waals surface area contributed by atoms with Gasteiger partial charge in [0.15, 0.2) is 0 Å². The number of nitrogens with zero attached hydrogens (tertiary/aromatic N) is 4. The quantitative estimate of drug-likeness (QED) is 0.480. The number of benzene rings is 1. The van der Waals surface area contributed by atoms with Gasteiger partial charge in [0.1, 0.15) is 11.2 Å². The van der Waals surface area contributed by atoms with Crippen LogP contribution in [0, 0.1) is 0 Å². The summed E-state index contributed by atoms with van der Waals surface area (Å²) in [7, 11) is 1.33. The van der Waals surface area contributed by atoms with Gasteiger partial charge in [0.05, 0.1) is 24.6 Å². The fraction of sp³-hybridized carbons (Fsp3) is 0.286. The highest BCUT2D eigenvalue weighted by atomic mass is 16.5. The normalized spacial score (nSPS) is 14.7. The summed E-state index contributed by atoms with van der Waals surface area (Å²) >= 11 is 0. The van der Waals surface area contributed by atoms with E-state index in [9.17, 15) is 9.59 Å². The van der Waals surface area contributed by atoms with E-state index in [1.54, 1.807) is 41.0 Å². The van der Waals surface area contributed by atoms with Gasteiger partial charge in [0.2, 0.25) is 5.82 Å². The van der Waals surface area contributed by atoms with Crippen molar-refractivity contribution in [1.29, 1.82) is 0 Å². The standard InChI is InChI=1S/C21H20N6O4/c1-30-21(29)14-4-2-13(3-5-14)18-25-20(31-26-18)15-11-23-27-16(10-17(28)24-19(15)27)12-6-8-22-9-7-12/h2-5,10-12,22H,6-9H2,1H3,(H,24,28). The van der Waals surface area contributed by atoms with E-state index in [4.69, 9.17) is 9.26 Å². The third-order valence-electron chi connectivity index (χ3n) is 5.51. The van der Waals surface area contributed by atoms with Crippen molar-refractivity contribution in [2.45, 2.75) is 18.8 Å². The number of hydrogen-bond donors (Lipinski definition) is 2. The maximum Gasteiger partial charge on any atom is 0.337 e. The van der Waals surface area contributed by atoms with Gasteiger partial charge < -0.3 is 19.6 Å². The number of methoxy groups -OCH3 is 1. The maximum atomic E-state index is 12.4. The second-order valence-corrected chi connectivity index (χ2v) is 7.39. The van der Waals surface area contributed by atoms with E-state index in [0.29, 0.717) is 28.2 Å². The second kappa shape index (κ2) is 7.80. The zero-order valence-electron chi connectivity index (χ0n) is 16.8. The van der Waals surface area contributed by atoms with E-state index in [1.165, 1.54) is 7.11 Å². The summed E-state index contributed by atoms with van der Waals surface area (Å²) < 4.78 is 11.9. The lowest BCUT2D eigenvalue weighted by atomic mass is 9.94. The first-order valence-electron chi connectivity index (χ1n) is 9.98. The van der Waals surface area contributed by atoms with E-state index in [-0.39, 0.29) is 17.4 Å². The fourth-order valence-corrected chi connectivity index (χ4v) is 3.90. The molecular formula is C21H20N6O4. The van der Waals surface area contributed by atoms with Crippen LogP contribution in [0.15, 0.2) is 45.8 Å². The Morgan fingerprint density at radius 1 is 1.23 bits per heavy atom. The number of nitrogens with one attached hydrogen (secondary N) is 2. The molecule has 31 heavy (non-hydrogen) atoms. The van der Waals surface area contributed by atoms with Crippen molar-refractivity contribution in [2.75, 3.05) is 20.2 Å². The first-order chi connectivity index (χ1) is 15.1. The molecule has 4 heterocycles. The zero-order valence-corrected chi connectivity index (χ0v) is 16.8. The van der Waals surface area contributed by atoms with E-state index < -0.39 is 5.97 Å². The highest BCUT2D eigenvalue weighted by Crippen LogP contribution is 2.28. The summed E-state index contributed by atoms with van der Waals surface area (Å²) in [6, 6.07) is 8.31. The minimum Gasteiger partial charge on any atom is -0.465 e. The molecule has 2 N–H and O–H groups in total. The third-order valence-corrected chi connectivity index (χ3v) is 5.51. The van der Waals surface area contributed by atoms with Crippen LogP contribution >= 0.6 is 0 Å². The van der Waals surface area contributed by atoms with Crippen molar-refractivity contribution in [3.8, 4) is 22.8 Å². The van der Waals surface area contributed by atoms with E-state index in [1.807, 2.05) is 0 Å². The van der Waals surface area contributed by atoms with Gasteiger partial charge in [-0.3, -0.25) is 4.79 Å². The van der Waals surface area contributed by atoms with Crippen LogP contribution in [0.2, 0.25) is 0 Å². The summed E-state index contributed by atoms with van der Waals surface area (Å²) in [5, 5.41) is 11.9. The molecule has 0 spiro atoms. The Morgan fingerprint density at radius 3 is 2.74 bits per heavy atom. The lowest BCUT2D eigenvalue weighted by Gasteiger charge is -2.23.